The van der Waals surface area contributed by atoms with Crippen LogP contribution in [0.25, 0.3) is 5.69 Å². The molecule has 7 nitrogen and oxygen atoms in total. The maximum absolute atomic E-state index is 13.4. The summed E-state index contributed by atoms with van der Waals surface area (Å²) >= 11 is 0. The number of rotatable bonds is 1. The van der Waals surface area contributed by atoms with Crippen molar-refractivity contribution in [3.05, 3.63) is 51.3 Å². The largest absolute Gasteiger partial charge is 0.352 e. The van der Waals surface area contributed by atoms with E-state index in [-0.39, 0.29) is 45.8 Å². The number of para-hydroxylation sites is 1. The molecule has 8 heteroatoms. The zero-order chi connectivity index (χ0) is 18.8. The molecule has 0 radical (unpaired) electrons. The van der Waals surface area contributed by atoms with Crippen molar-refractivity contribution in [3.63, 3.8) is 0 Å². The van der Waals surface area contributed by atoms with E-state index in [0.29, 0.717) is 42.2 Å². The van der Waals surface area contributed by atoms with Crippen LogP contribution < -0.4 is 11.4 Å². The minimum atomic E-state index is -3.03. The Bertz CT molecular complexity index is 1260. The van der Waals surface area contributed by atoms with Crippen LogP contribution in [0.1, 0.15) is 24.9 Å². The molecule has 0 amide bonds. The molecule has 3 aliphatic heterocycles. The SMILES string of the molecule is O=c1n(-c2ccccc2)c(=O)n2n1[C@@H]1[C@H]3C4C5[C@@]16CCS(=O)(=O)CC[C@]56[C@H]2[C@@H]43. The van der Waals surface area contributed by atoms with E-state index in [4.69, 9.17) is 0 Å². The van der Waals surface area contributed by atoms with Gasteiger partial charge in [0.1, 0.15) is 9.84 Å². The van der Waals surface area contributed by atoms with Crippen molar-refractivity contribution in [2.45, 2.75) is 24.9 Å². The van der Waals surface area contributed by atoms with Gasteiger partial charge in [0.15, 0.2) is 0 Å². The van der Waals surface area contributed by atoms with Gasteiger partial charge in [0, 0.05) is 10.8 Å². The second kappa shape index (κ2) is 3.84. The van der Waals surface area contributed by atoms with Crippen LogP contribution in [0.4, 0.5) is 0 Å². The molecule has 8 atom stereocenters. The lowest BCUT2D eigenvalue weighted by atomic mass is 9.69. The molecule has 144 valence electrons. The molecule has 2 aromatic rings. The van der Waals surface area contributed by atoms with E-state index in [0.717, 1.165) is 0 Å². The average Bonchev–Trinajstić information content (AvgIpc) is 3.45. The second-order valence-electron chi connectivity index (χ2n) is 9.76. The van der Waals surface area contributed by atoms with Crippen molar-refractivity contribution < 1.29 is 8.42 Å². The fourth-order valence-corrected chi connectivity index (χ4v) is 10.5. The van der Waals surface area contributed by atoms with Gasteiger partial charge in [0.05, 0.1) is 29.3 Å². The Kier molecular flexibility index (Phi) is 2.03. The molecule has 28 heavy (non-hydrogen) atoms. The molecular formula is C20H19N3O4S. The quantitative estimate of drug-likeness (QED) is 0.706. The normalized spacial score (nSPS) is 49.3. The minimum Gasteiger partial charge on any atom is -0.245 e. The highest BCUT2D eigenvalue weighted by molar-refractivity contribution is 7.91. The summed E-state index contributed by atoms with van der Waals surface area (Å²) in [6.45, 7) is 0. The van der Waals surface area contributed by atoms with Crippen LogP contribution in [0.2, 0.25) is 0 Å². The molecule has 4 heterocycles. The van der Waals surface area contributed by atoms with E-state index >= 15 is 0 Å². The summed E-state index contributed by atoms with van der Waals surface area (Å²) in [6.07, 6.45) is 1.33. The van der Waals surface area contributed by atoms with Crippen LogP contribution in [0, 0.1) is 34.5 Å². The van der Waals surface area contributed by atoms with E-state index in [9.17, 15) is 18.0 Å². The lowest BCUT2D eigenvalue weighted by Gasteiger charge is -2.47. The summed E-state index contributed by atoms with van der Waals surface area (Å²) in [4.78, 5) is 26.9. The minimum absolute atomic E-state index is 0.0102. The topological polar surface area (TPSA) is 83.1 Å². The molecule has 1 aromatic heterocycles. The molecular weight excluding hydrogens is 378 g/mol. The molecule has 1 saturated heterocycles. The molecule has 4 saturated carbocycles. The monoisotopic (exact) mass is 397 g/mol. The van der Waals surface area contributed by atoms with E-state index in [2.05, 4.69) is 0 Å². The third-order valence-corrected chi connectivity index (χ3v) is 11.1. The highest BCUT2D eigenvalue weighted by Crippen LogP contribution is 3.04. The second-order valence-corrected chi connectivity index (χ2v) is 12.1. The molecule has 5 fully saturated rings. The number of sulfone groups is 1. The Balaban J connectivity index is 1.42. The van der Waals surface area contributed by atoms with E-state index in [1.807, 2.05) is 18.2 Å². The van der Waals surface area contributed by atoms with Crippen LogP contribution in [-0.4, -0.2) is 33.9 Å². The molecule has 0 N–H and O–H groups in total. The maximum Gasteiger partial charge on any atom is 0.352 e. The summed E-state index contributed by atoms with van der Waals surface area (Å²) < 4.78 is 29.6. The van der Waals surface area contributed by atoms with Crippen LogP contribution in [0.15, 0.2) is 39.9 Å². The number of hydrogen-bond donors (Lipinski definition) is 0. The summed E-state index contributed by atoms with van der Waals surface area (Å²) in [5, 5.41) is 0. The molecule has 2 spiro atoms. The Morgan fingerprint density at radius 1 is 0.821 bits per heavy atom. The van der Waals surface area contributed by atoms with Crippen LogP contribution >= 0.6 is 0 Å². The standard InChI is InChI=1S/C20H19N3O4S/c24-17-21(10-4-2-1-3-5-10)18(25)23-16-13-11-12(13)15(22(17)23)19-6-8-28(26,27)9-7-20(16,19)14(11)19/h1-5,11-16H,6-9H2/t11?,12-,13-,14?,15+,16+,19-,20+/m0/s1. The first-order valence-electron chi connectivity index (χ1n) is 10.2. The molecule has 9 rings (SSSR count). The van der Waals surface area contributed by atoms with E-state index in [1.165, 1.54) is 4.57 Å². The first-order chi connectivity index (χ1) is 13.5. The molecule has 2 unspecified atom stereocenters. The third-order valence-electron chi connectivity index (χ3n) is 9.46. The van der Waals surface area contributed by atoms with E-state index in [1.54, 1.807) is 21.5 Å². The van der Waals surface area contributed by atoms with Gasteiger partial charge in [0.25, 0.3) is 0 Å². The van der Waals surface area contributed by atoms with Crippen molar-refractivity contribution in [1.82, 2.24) is 13.9 Å². The Hall–Kier alpha value is -2.09. The van der Waals surface area contributed by atoms with E-state index < -0.39 is 9.84 Å². The van der Waals surface area contributed by atoms with Crippen LogP contribution in [0.3, 0.4) is 0 Å². The number of hydrogen-bond acceptors (Lipinski definition) is 4. The van der Waals surface area contributed by atoms with Gasteiger partial charge in [-0.2, -0.15) is 0 Å². The molecule has 4 aliphatic carbocycles. The summed E-state index contributed by atoms with van der Waals surface area (Å²) in [6, 6.07) is 9.16. The number of nitrogens with zero attached hydrogens (tertiary/aromatic N) is 3. The van der Waals surface area contributed by atoms with Gasteiger partial charge >= 0.3 is 11.4 Å². The molecule has 2 bridgehead atoms. The molecule has 7 aliphatic rings. The first kappa shape index (κ1) is 14.8. The highest BCUT2D eigenvalue weighted by atomic mass is 32.2. The predicted molar refractivity (Wildman–Crippen MR) is 99.1 cm³/mol. The summed E-state index contributed by atoms with van der Waals surface area (Å²) in [5.41, 5.74) is -0.0239. The summed E-state index contributed by atoms with van der Waals surface area (Å²) in [7, 11) is -3.03. The van der Waals surface area contributed by atoms with Crippen LogP contribution in [-0.2, 0) is 9.84 Å². The van der Waals surface area contributed by atoms with Crippen LogP contribution in [0.5, 0.6) is 0 Å². The van der Waals surface area contributed by atoms with Gasteiger partial charge in [-0.1, -0.05) is 18.2 Å². The van der Waals surface area contributed by atoms with Gasteiger partial charge < -0.3 is 0 Å². The van der Waals surface area contributed by atoms with Crippen molar-refractivity contribution >= 4 is 9.84 Å². The number of aromatic nitrogens is 3. The van der Waals surface area contributed by atoms with Gasteiger partial charge in [-0.25, -0.2) is 31.9 Å². The Labute approximate surface area is 160 Å². The smallest absolute Gasteiger partial charge is 0.245 e. The predicted octanol–water partition coefficient (Wildman–Crippen LogP) is 0.597. The lowest BCUT2D eigenvalue weighted by Crippen LogP contribution is -2.52. The lowest BCUT2D eigenvalue weighted by molar-refractivity contribution is -0.00192. The van der Waals surface area contributed by atoms with Crippen molar-refractivity contribution in [1.29, 1.82) is 0 Å². The third kappa shape index (κ3) is 1.14. The average molecular weight is 397 g/mol. The maximum atomic E-state index is 13.4. The van der Waals surface area contributed by atoms with Crippen molar-refractivity contribution in [3.8, 4) is 5.69 Å². The Morgan fingerprint density at radius 3 is 1.89 bits per heavy atom. The Morgan fingerprint density at radius 2 is 1.36 bits per heavy atom. The van der Waals surface area contributed by atoms with Crippen molar-refractivity contribution in [2.24, 2.45) is 34.5 Å². The van der Waals surface area contributed by atoms with Gasteiger partial charge in [0.2, 0.25) is 0 Å². The fourth-order valence-electron chi connectivity index (χ4n) is 9.01. The van der Waals surface area contributed by atoms with Crippen molar-refractivity contribution in [2.75, 3.05) is 11.5 Å². The zero-order valence-electron chi connectivity index (χ0n) is 15.1. The van der Waals surface area contributed by atoms with Gasteiger partial charge in [-0.05, 0) is 48.6 Å². The summed E-state index contributed by atoms with van der Waals surface area (Å²) in [5.74, 6) is 2.54. The number of benzene rings is 1. The highest BCUT2D eigenvalue weighted by Gasteiger charge is 3.02. The molecule has 1 aromatic carbocycles. The first-order valence-corrected chi connectivity index (χ1v) is 12.0. The zero-order valence-corrected chi connectivity index (χ0v) is 15.9. The fraction of sp³-hybridized carbons (Fsp3) is 0.600. The van der Waals surface area contributed by atoms with Gasteiger partial charge in [-0.3, -0.25) is 0 Å². The van der Waals surface area contributed by atoms with Gasteiger partial charge in [-0.15, -0.1) is 0 Å².